The number of fused-ring (bicyclic) bond motifs is 1. The van der Waals surface area contributed by atoms with E-state index in [1.165, 1.54) is 0 Å². The number of carbonyl (C=O) groups excluding carboxylic acids is 1. The van der Waals surface area contributed by atoms with Gasteiger partial charge in [0.15, 0.2) is 6.29 Å². The van der Waals surface area contributed by atoms with Crippen molar-refractivity contribution in [1.29, 1.82) is 0 Å². The van der Waals surface area contributed by atoms with Crippen molar-refractivity contribution in [3.05, 3.63) is 77.8 Å². The van der Waals surface area contributed by atoms with E-state index in [1.54, 1.807) is 18.5 Å². The number of ether oxygens (including phenoxy) is 1. The molecule has 4 aromatic rings. The Labute approximate surface area is 203 Å². The van der Waals surface area contributed by atoms with Crippen LogP contribution >= 0.6 is 0 Å². The van der Waals surface area contributed by atoms with Gasteiger partial charge in [0.25, 0.3) is 5.91 Å². The molecule has 0 radical (unpaired) electrons. The van der Waals surface area contributed by atoms with Crippen molar-refractivity contribution in [2.75, 3.05) is 6.61 Å². The van der Waals surface area contributed by atoms with E-state index in [1.807, 2.05) is 43.5 Å². The minimum Gasteiger partial charge on any atom is -0.350 e. The first-order valence-corrected chi connectivity index (χ1v) is 12.0. The molecule has 9 heteroatoms. The molecule has 35 heavy (non-hydrogen) atoms. The summed E-state index contributed by atoms with van der Waals surface area (Å²) in [6, 6.07) is 11.5. The van der Waals surface area contributed by atoms with Crippen LogP contribution in [0.25, 0.3) is 17.0 Å². The van der Waals surface area contributed by atoms with E-state index < -0.39 is 0 Å². The van der Waals surface area contributed by atoms with Crippen molar-refractivity contribution in [3.8, 4) is 11.4 Å². The van der Waals surface area contributed by atoms with Crippen molar-refractivity contribution in [3.63, 3.8) is 0 Å². The van der Waals surface area contributed by atoms with Crippen LogP contribution in [-0.4, -0.2) is 43.1 Å². The second kappa shape index (κ2) is 10.7. The van der Waals surface area contributed by atoms with Gasteiger partial charge in [-0.25, -0.2) is 25.3 Å². The van der Waals surface area contributed by atoms with Gasteiger partial charge in [0, 0.05) is 43.7 Å². The number of aryl methyl sites for hydroxylation is 3. The van der Waals surface area contributed by atoms with Gasteiger partial charge in [-0.2, -0.15) is 0 Å². The SMILES string of the molecule is Cc1nc2ccccn2c1-c1ccnc(CCCc2ccc(C(=O)NOC3CCCCO3)cn2)n1. The van der Waals surface area contributed by atoms with Gasteiger partial charge in [-0.3, -0.25) is 14.2 Å². The summed E-state index contributed by atoms with van der Waals surface area (Å²) in [6.45, 7) is 2.65. The fraction of sp³-hybridized carbons (Fsp3) is 0.346. The van der Waals surface area contributed by atoms with Crippen LogP contribution < -0.4 is 5.48 Å². The molecule has 1 atom stereocenters. The van der Waals surface area contributed by atoms with E-state index in [2.05, 4.69) is 24.8 Å². The smallest absolute Gasteiger partial charge is 0.276 e. The fourth-order valence-electron chi connectivity index (χ4n) is 4.19. The van der Waals surface area contributed by atoms with E-state index in [0.717, 1.165) is 72.8 Å². The zero-order valence-corrected chi connectivity index (χ0v) is 19.7. The number of amides is 1. The predicted octanol–water partition coefficient (Wildman–Crippen LogP) is 3.86. The summed E-state index contributed by atoms with van der Waals surface area (Å²) in [6.07, 6.45) is 10.2. The normalized spacial score (nSPS) is 15.9. The maximum Gasteiger partial charge on any atom is 0.276 e. The second-order valence-electron chi connectivity index (χ2n) is 8.57. The van der Waals surface area contributed by atoms with Crippen LogP contribution in [0, 0.1) is 6.92 Å². The Morgan fingerprint density at radius 1 is 1.14 bits per heavy atom. The highest BCUT2D eigenvalue weighted by atomic mass is 16.8. The lowest BCUT2D eigenvalue weighted by Crippen LogP contribution is -2.33. The molecule has 1 N–H and O–H groups in total. The lowest BCUT2D eigenvalue weighted by atomic mass is 10.1. The number of hydrogen-bond donors (Lipinski definition) is 1. The van der Waals surface area contributed by atoms with Gasteiger partial charge >= 0.3 is 0 Å². The number of hydrogen-bond acceptors (Lipinski definition) is 7. The topological polar surface area (TPSA) is 104 Å². The molecule has 0 spiro atoms. The summed E-state index contributed by atoms with van der Waals surface area (Å²) in [5, 5.41) is 0. The molecule has 0 saturated carbocycles. The van der Waals surface area contributed by atoms with Crippen LogP contribution in [0.2, 0.25) is 0 Å². The first kappa shape index (κ1) is 23.1. The molecule has 1 unspecified atom stereocenters. The van der Waals surface area contributed by atoms with Crippen LogP contribution in [0.1, 0.15) is 53.3 Å². The molecule has 0 aromatic carbocycles. The molecule has 1 aliphatic heterocycles. The highest BCUT2D eigenvalue weighted by Gasteiger charge is 2.17. The zero-order valence-electron chi connectivity index (χ0n) is 19.7. The van der Waals surface area contributed by atoms with Crippen LogP contribution in [-0.2, 0) is 22.4 Å². The zero-order chi connectivity index (χ0) is 24.0. The van der Waals surface area contributed by atoms with Crippen molar-refractivity contribution in [2.24, 2.45) is 0 Å². The van der Waals surface area contributed by atoms with E-state index in [0.29, 0.717) is 12.2 Å². The van der Waals surface area contributed by atoms with Gasteiger partial charge in [-0.05, 0) is 62.9 Å². The van der Waals surface area contributed by atoms with E-state index in [4.69, 9.17) is 14.6 Å². The summed E-state index contributed by atoms with van der Waals surface area (Å²) >= 11 is 0. The Kier molecular flexibility index (Phi) is 7.06. The fourth-order valence-corrected chi connectivity index (χ4v) is 4.19. The Hall–Kier alpha value is -3.69. The second-order valence-corrected chi connectivity index (χ2v) is 8.57. The molecule has 5 rings (SSSR count). The molecule has 4 aromatic heterocycles. The van der Waals surface area contributed by atoms with E-state index in [9.17, 15) is 4.79 Å². The first-order chi connectivity index (χ1) is 17.2. The third kappa shape index (κ3) is 5.52. The number of carbonyl (C=O) groups is 1. The van der Waals surface area contributed by atoms with Crippen LogP contribution in [0.4, 0.5) is 0 Å². The van der Waals surface area contributed by atoms with E-state index in [-0.39, 0.29) is 12.2 Å². The van der Waals surface area contributed by atoms with Gasteiger partial charge in [-0.1, -0.05) is 6.07 Å². The average Bonchev–Trinajstić information content (AvgIpc) is 3.24. The minimum absolute atomic E-state index is 0.328. The maximum atomic E-state index is 12.3. The summed E-state index contributed by atoms with van der Waals surface area (Å²) in [7, 11) is 0. The maximum absolute atomic E-state index is 12.3. The number of imidazole rings is 1. The highest BCUT2D eigenvalue weighted by Crippen LogP contribution is 2.23. The van der Waals surface area contributed by atoms with Gasteiger partial charge < -0.3 is 4.74 Å². The summed E-state index contributed by atoms with van der Waals surface area (Å²) in [4.78, 5) is 35.9. The Balaban J connectivity index is 1.15. The van der Waals surface area contributed by atoms with Gasteiger partial charge in [0.2, 0.25) is 0 Å². The lowest BCUT2D eigenvalue weighted by Gasteiger charge is -2.22. The van der Waals surface area contributed by atoms with Gasteiger partial charge in [-0.15, -0.1) is 0 Å². The third-order valence-corrected chi connectivity index (χ3v) is 5.99. The number of aromatic nitrogens is 5. The monoisotopic (exact) mass is 472 g/mol. The summed E-state index contributed by atoms with van der Waals surface area (Å²) in [5.74, 6) is 0.456. The molecule has 9 nitrogen and oxygen atoms in total. The van der Waals surface area contributed by atoms with Gasteiger partial charge in [0.05, 0.1) is 22.6 Å². The molecule has 1 saturated heterocycles. The molecule has 180 valence electrons. The van der Waals surface area contributed by atoms with Crippen molar-refractivity contribution in [1.82, 2.24) is 29.8 Å². The summed E-state index contributed by atoms with van der Waals surface area (Å²) < 4.78 is 7.50. The van der Waals surface area contributed by atoms with Crippen molar-refractivity contribution < 1.29 is 14.4 Å². The number of pyridine rings is 2. The highest BCUT2D eigenvalue weighted by molar-refractivity contribution is 5.93. The van der Waals surface area contributed by atoms with Crippen LogP contribution in [0.3, 0.4) is 0 Å². The Bertz CT molecular complexity index is 1300. The predicted molar refractivity (Wildman–Crippen MR) is 129 cm³/mol. The standard InChI is InChI=1S/C26H28N6O3/c1-18-25(32-15-4-2-9-23(32)29-18)21-13-14-27-22(30-21)8-6-7-20-12-11-19(17-28-20)26(33)31-35-24-10-3-5-16-34-24/h2,4,9,11-15,17,24H,3,5-8,10,16H2,1H3,(H,31,33). The molecular weight excluding hydrogens is 444 g/mol. The van der Waals surface area contributed by atoms with Crippen LogP contribution in [0.5, 0.6) is 0 Å². The number of nitrogens with zero attached hydrogens (tertiary/aromatic N) is 5. The molecule has 1 fully saturated rings. The van der Waals surface area contributed by atoms with Crippen molar-refractivity contribution >= 4 is 11.6 Å². The first-order valence-electron chi connectivity index (χ1n) is 12.0. The third-order valence-electron chi connectivity index (χ3n) is 5.99. The quantitative estimate of drug-likeness (QED) is 0.388. The molecule has 5 heterocycles. The lowest BCUT2D eigenvalue weighted by molar-refractivity contribution is -0.186. The molecule has 0 bridgehead atoms. The molecule has 1 aliphatic rings. The molecule has 0 aliphatic carbocycles. The minimum atomic E-state index is -0.378. The van der Waals surface area contributed by atoms with Gasteiger partial charge in [0.1, 0.15) is 11.5 Å². The van der Waals surface area contributed by atoms with E-state index >= 15 is 0 Å². The number of nitrogens with one attached hydrogen (secondary N) is 1. The Morgan fingerprint density at radius 3 is 2.91 bits per heavy atom. The van der Waals surface area contributed by atoms with Crippen molar-refractivity contribution in [2.45, 2.75) is 51.7 Å². The number of hydroxylamine groups is 1. The van der Waals surface area contributed by atoms with Crippen LogP contribution in [0.15, 0.2) is 55.0 Å². The largest absolute Gasteiger partial charge is 0.350 e. The average molecular weight is 473 g/mol. The molecule has 1 amide bonds. The Morgan fingerprint density at radius 2 is 2.09 bits per heavy atom. The summed E-state index contributed by atoms with van der Waals surface area (Å²) in [5.41, 5.74) is 7.50. The number of rotatable bonds is 8. The molecular formula is C26H28N6O3.